The zero-order chi connectivity index (χ0) is 26.1. The molecule has 0 saturated heterocycles. The van der Waals surface area contributed by atoms with Gasteiger partial charge in [0, 0.05) is 6.07 Å². The number of benzene rings is 4. The lowest BCUT2D eigenvalue weighted by Gasteiger charge is -2.16. The van der Waals surface area contributed by atoms with Crippen LogP contribution in [0.1, 0.15) is 31.8 Å². The summed E-state index contributed by atoms with van der Waals surface area (Å²) in [7, 11) is 0. The predicted molar refractivity (Wildman–Crippen MR) is 137 cm³/mol. The molecule has 1 aliphatic heterocycles. The molecule has 4 aromatic rings. The second kappa shape index (κ2) is 9.46. The van der Waals surface area contributed by atoms with Gasteiger partial charge in [-0.05, 0) is 67.9 Å². The van der Waals surface area contributed by atoms with E-state index >= 15 is 0 Å². The van der Waals surface area contributed by atoms with Crippen LogP contribution < -0.4 is 9.64 Å². The molecule has 1 aliphatic rings. The fourth-order valence-corrected chi connectivity index (χ4v) is 3.92. The van der Waals surface area contributed by atoms with Crippen LogP contribution in [-0.2, 0) is 0 Å². The summed E-state index contributed by atoms with van der Waals surface area (Å²) >= 11 is 0. The number of nitro groups is 1. The number of hydrogen-bond acceptors (Lipinski definition) is 7. The van der Waals surface area contributed by atoms with Crippen molar-refractivity contribution in [3.8, 4) is 11.5 Å². The number of carbonyl (C=O) groups is 2. The van der Waals surface area contributed by atoms with E-state index in [1.54, 1.807) is 24.3 Å². The molecule has 0 N–H and O–H groups in total. The van der Waals surface area contributed by atoms with Crippen molar-refractivity contribution in [3.63, 3.8) is 0 Å². The number of ether oxygens (including phenoxy) is 1. The second-order valence-electron chi connectivity index (χ2n) is 8.54. The number of fused-ring (bicyclic) bond motifs is 1. The molecule has 0 saturated carbocycles. The summed E-state index contributed by atoms with van der Waals surface area (Å²) in [6.07, 6.45) is 0. The predicted octanol–water partition coefficient (Wildman–Crippen LogP) is 7.22. The first-order chi connectivity index (χ1) is 17.8. The molecule has 5 rings (SSSR count). The minimum absolute atomic E-state index is 0.122. The van der Waals surface area contributed by atoms with Crippen LogP contribution in [0.5, 0.6) is 11.5 Å². The lowest BCUT2D eigenvalue weighted by atomic mass is 10.1. The Kier molecular flexibility index (Phi) is 6.02. The molecule has 0 bridgehead atoms. The fraction of sp³-hybridized carbons (Fsp3) is 0.0714. The Balaban J connectivity index is 1.46. The molecular weight excluding hydrogens is 472 g/mol. The number of carbonyl (C=O) groups excluding carboxylic acids is 2. The van der Waals surface area contributed by atoms with Crippen LogP contribution in [-0.4, -0.2) is 16.7 Å². The molecule has 37 heavy (non-hydrogen) atoms. The third-order valence-electron chi connectivity index (χ3n) is 5.80. The molecule has 9 heteroatoms. The van der Waals surface area contributed by atoms with Gasteiger partial charge in [0.15, 0.2) is 0 Å². The van der Waals surface area contributed by atoms with Crippen LogP contribution in [0.3, 0.4) is 0 Å². The quantitative estimate of drug-likeness (QED) is 0.122. The Morgan fingerprint density at radius 3 is 2.22 bits per heavy atom. The Morgan fingerprint density at radius 2 is 1.46 bits per heavy atom. The van der Waals surface area contributed by atoms with Crippen LogP contribution in [0.25, 0.3) is 0 Å². The summed E-state index contributed by atoms with van der Waals surface area (Å²) in [5, 5.41) is 19.6. The number of nitrogens with zero attached hydrogens (tertiary/aromatic N) is 4. The van der Waals surface area contributed by atoms with E-state index < -0.39 is 16.7 Å². The first kappa shape index (κ1) is 23.6. The van der Waals surface area contributed by atoms with E-state index in [9.17, 15) is 19.7 Å². The molecule has 0 aromatic heterocycles. The number of non-ortho nitro benzene ring substituents is 1. The van der Waals surface area contributed by atoms with Gasteiger partial charge >= 0.3 is 0 Å². The monoisotopic (exact) mass is 492 g/mol. The summed E-state index contributed by atoms with van der Waals surface area (Å²) in [4.78, 5) is 38.3. The summed E-state index contributed by atoms with van der Waals surface area (Å²) in [6.45, 7) is 3.83. The molecule has 182 valence electrons. The molecule has 0 unspecified atom stereocenters. The van der Waals surface area contributed by atoms with Gasteiger partial charge in [-0.3, -0.25) is 19.7 Å². The fourth-order valence-electron chi connectivity index (χ4n) is 3.92. The van der Waals surface area contributed by atoms with Crippen LogP contribution in [0.2, 0.25) is 0 Å². The van der Waals surface area contributed by atoms with Crippen molar-refractivity contribution < 1.29 is 19.2 Å². The third-order valence-corrected chi connectivity index (χ3v) is 5.80. The molecule has 0 radical (unpaired) electrons. The van der Waals surface area contributed by atoms with Gasteiger partial charge in [0.2, 0.25) is 0 Å². The average Bonchev–Trinajstić information content (AvgIpc) is 3.13. The van der Waals surface area contributed by atoms with E-state index in [1.807, 2.05) is 44.2 Å². The van der Waals surface area contributed by atoms with E-state index in [0.29, 0.717) is 17.1 Å². The topological polar surface area (TPSA) is 114 Å². The van der Waals surface area contributed by atoms with E-state index in [0.717, 1.165) is 16.0 Å². The highest BCUT2D eigenvalue weighted by Crippen LogP contribution is 2.38. The van der Waals surface area contributed by atoms with Gasteiger partial charge in [0.05, 0.1) is 33.5 Å². The zero-order valence-electron chi connectivity index (χ0n) is 19.9. The molecular formula is C28H20N4O5. The Bertz CT molecular complexity index is 1590. The van der Waals surface area contributed by atoms with Crippen molar-refractivity contribution in [1.29, 1.82) is 0 Å². The molecule has 9 nitrogen and oxygen atoms in total. The van der Waals surface area contributed by atoms with E-state index in [4.69, 9.17) is 4.74 Å². The minimum Gasteiger partial charge on any atom is -0.457 e. The highest BCUT2D eigenvalue weighted by atomic mass is 16.6. The Hall–Kier alpha value is -5.18. The first-order valence-corrected chi connectivity index (χ1v) is 11.3. The van der Waals surface area contributed by atoms with E-state index in [2.05, 4.69) is 10.2 Å². The van der Waals surface area contributed by atoms with Crippen molar-refractivity contribution >= 4 is 34.6 Å². The molecule has 0 fully saturated rings. The number of hydrogen-bond donors (Lipinski definition) is 0. The molecule has 0 atom stereocenters. The molecule has 2 amide bonds. The maximum atomic E-state index is 13.4. The number of azo groups is 1. The average molecular weight is 492 g/mol. The van der Waals surface area contributed by atoms with Gasteiger partial charge in [0.25, 0.3) is 17.5 Å². The molecule has 4 aromatic carbocycles. The largest absolute Gasteiger partial charge is 0.457 e. The van der Waals surface area contributed by atoms with E-state index in [-0.39, 0.29) is 28.3 Å². The first-order valence-electron chi connectivity index (χ1n) is 11.3. The number of anilines is 1. The SMILES string of the molecule is Cc1ccc(N=Nc2ccc(C)cc2N2C(=O)c3ccc(Oc4cccc([N+](=O)[O-])c4)cc3C2=O)cc1. The highest BCUT2D eigenvalue weighted by molar-refractivity contribution is 6.35. The van der Waals surface area contributed by atoms with Gasteiger partial charge in [-0.25, -0.2) is 4.90 Å². The summed E-state index contributed by atoms with van der Waals surface area (Å²) in [6, 6.07) is 23.0. The summed E-state index contributed by atoms with van der Waals surface area (Å²) in [5.74, 6) is -0.507. The number of imide groups is 1. The van der Waals surface area contributed by atoms with Crippen molar-refractivity contribution in [2.24, 2.45) is 10.2 Å². The van der Waals surface area contributed by atoms with Gasteiger partial charge in [0.1, 0.15) is 17.2 Å². The van der Waals surface area contributed by atoms with Gasteiger partial charge < -0.3 is 4.74 Å². The maximum Gasteiger partial charge on any atom is 0.273 e. The van der Waals surface area contributed by atoms with E-state index in [1.165, 1.54) is 30.3 Å². The van der Waals surface area contributed by atoms with Crippen molar-refractivity contribution in [3.05, 3.63) is 117 Å². The second-order valence-corrected chi connectivity index (χ2v) is 8.54. The summed E-state index contributed by atoms with van der Waals surface area (Å²) < 4.78 is 5.74. The lowest BCUT2D eigenvalue weighted by Crippen LogP contribution is -2.29. The minimum atomic E-state index is -0.526. The van der Waals surface area contributed by atoms with Crippen molar-refractivity contribution in [2.75, 3.05) is 4.90 Å². The smallest absolute Gasteiger partial charge is 0.273 e. The number of rotatable bonds is 6. The number of aryl methyl sites for hydroxylation is 2. The van der Waals surface area contributed by atoms with Gasteiger partial charge in [-0.2, -0.15) is 5.11 Å². The standard InChI is InChI=1S/C28H20N4O5/c1-17-6-9-19(10-7-17)29-30-25-13-8-18(2)14-26(25)31-27(33)23-12-11-22(16-24(23)28(31)34)37-21-5-3-4-20(15-21)32(35)36/h3-16H,1-2H3. The van der Waals surface area contributed by atoms with Crippen molar-refractivity contribution in [2.45, 2.75) is 13.8 Å². The van der Waals surface area contributed by atoms with Crippen LogP contribution in [0.15, 0.2) is 95.2 Å². The van der Waals surface area contributed by atoms with Crippen LogP contribution >= 0.6 is 0 Å². The maximum absolute atomic E-state index is 13.4. The third kappa shape index (κ3) is 4.70. The molecule has 0 aliphatic carbocycles. The summed E-state index contributed by atoms with van der Waals surface area (Å²) in [5.41, 5.74) is 3.53. The zero-order valence-corrected chi connectivity index (χ0v) is 19.9. The Labute approximate surface area is 211 Å². The normalized spacial score (nSPS) is 12.8. The van der Waals surface area contributed by atoms with Crippen molar-refractivity contribution in [1.82, 2.24) is 0 Å². The van der Waals surface area contributed by atoms with Gasteiger partial charge in [-0.1, -0.05) is 29.8 Å². The Morgan fingerprint density at radius 1 is 0.757 bits per heavy atom. The molecule has 1 heterocycles. The molecule has 0 spiro atoms. The number of amides is 2. The number of nitro benzene ring substituents is 1. The van der Waals surface area contributed by atoms with Crippen LogP contribution in [0, 0.1) is 24.0 Å². The highest BCUT2D eigenvalue weighted by Gasteiger charge is 2.38. The van der Waals surface area contributed by atoms with Crippen LogP contribution in [0.4, 0.5) is 22.7 Å². The van der Waals surface area contributed by atoms with Gasteiger partial charge in [-0.15, -0.1) is 5.11 Å². The lowest BCUT2D eigenvalue weighted by molar-refractivity contribution is -0.384.